The molecule has 0 radical (unpaired) electrons. The summed E-state index contributed by atoms with van der Waals surface area (Å²) < 4.78 is 41.0. The van der Waals surface area contributed by atoms with Crippen molar-refractivity contribution in [3.8, 4) is 11.3 Å². The van der Waals surface area contributed by atoms with Crippen LogP contribution in [0.25, 0.3) is 22.4 Å². The van der Waals surface area contributed by atoms with Crippen LogP contribution in [0.15, 0.2) is 43.0 Å². The van der Waals surface area contributed by atoms with Gasteiger partial charge in [-0.3, -0.25) is 0 Å². The molecule has 128 valence electrons. The van der Waals surface area contributed by atoms with E-state index in [1.165, 1.54) is 10.7 Å². The zero-order valence-corrected chi connectivity index (χ0v) is 12.9. The van der Waals surface area contributed by atoms with Crippen LogP contribution in [0.3, 0.4) is 0 Å². The third kappa shape index (κ3) is 2.75. The first kappa shape index (κ1) is 15.4. The molecule has 0 aromatic carbocycles. The molecular weight excluding hydrogens is 335 g/mol. The van der Waals surface area contributed by atoms with Gasteiger partial charge in [0, 0.05) is 24.2 Å². The summed E-state index contributed by atoms with van der Waals surface area (Å²) in [5.74, 6) is -0.0995. The van der Waals surface area contributed by atoms with Crippen LogP contribution in [-0.4, -0.2) is 41.4 Å². The first-order valence-corrected chi connectivity index (χ1v) is 7.40. The average Bonchev–Trinajstić information content (AvgIpc) is 3.19. The Labute approximate surface area is 139 Å². The van der Waals surface area contributed by atoms with Crippen LogP contribution in [-0.2, 0) is 0 Å². The topological polar surface area (TPSA) is 72.4 Å². The van der Waals surface area contributed by atoms with Crippen LogP contribution >= 0.6 is 0 Å². The lowest BCUT2D eigenvalue weighted by Gasteiger charge is -2.16. The Balaban J connectivity index is 1.70. The maximum Gasteiger partial charge on any atom is 0.408 e. The van der Waals surface area contributed by atoms with Crippen LogP contribution < -0.4 is 5.32 Å². The third-order valence-electron chi connectivity index (χ3n) is 3.78. The fourth-order valence-electron chi connectivity index (χ4n) is 2.42. The molecule has 10 heteroatoms. The minimum absolute atomic E-state index is 0.0995. The molecule has 4 rings (SSSR count). The zero-order chi connectivity index (χ0) is 17.6. The molecule has 0 saturated heterocycles. The van der Waals surface area contributed by atoms with Gasteiger partial charge in [-0.1, -0.05) is 0 Å². The summed E-state index contributed by atoms with van der Waals surface area (Å²) in [7, 11) is 0. The monoisotopic (exact) mass is 347 g/mol. The van der Waals surface area contributed by atoms with E-state index in [2.05, 4.69) is 25.5 Å². The SMILES string of the molecule is C[C@@H](Nc1ncc2c(-c3ccc4nccn4n3)ccn2n1)C(F)(F)F. The van der Waals surface area contributed by atoms with Gasteiger partial charge < -0.3 is 5.32 Å². The molecule has 0 aliphatic heterocycles. The van der Waals surface area contributed by atoms with E-state index >= 15 is 0 Å². The highest BCUT2D eigenvalue weighted by molar-refractivity contribution is 5.78. The van der Waals surface area contributed by atoms with Gasteiger partial charge in [0.25, 0.3) is 0 Å². The highest BCUT2D eigenvalue weighted by Gasteiger charge is 2.36. The summed E-state index contributed by atoms with van der Waals surface area (Å²) in [5, 5.41) is 10.8. The number of halogens is 3. The van der Waals surface area contributed by atoms with Crippen LogP contribution in [0, 0.1) is 0 Å². The van der Waals surface area contributed by atoms with Crippen molar-refractivity contribution >= 4 is 17.1 Å². The summed E-state index contributed by atoms with van der Waals surface area (Å²) in [6, 6.07) is 3.68. The Morgan fingerprint density at radius 2 is 1.88 bits per heavy atom. The Morgan fingerprint density at radius 1 is 1.04 bits per heavy atom. The molecule has 4 heterocycles. The maximum absolute atomic E-state index is 12.6. The van der Waals surface area contributed by atoms with Gasteiger partial charge in [-0.05, 0) is 25.1 Å². The second kappa shape index (κ2) is 5.43. The minimum atomic E-state index is -4.37. The number of hydrogen-bond acceptors (Lipinski definition) is 5. The van der Waals surface area contributed by atoms with Crippen molar-refractivity contribution < 1.29 is 13.2 Å². The third-order valence-corrected chi connectivity index (χ3v) is 3.78. The second-order valence-electron chi connectivity index (χ2n) is 5.50. The van der Waals surface area contributed by atoms with E-state index in [0.717, 1.165) is 18.1 Å². The van der Waals surface area contributed by atoms with Crippen molar-refractivity contribution in [1.29, 1.82) is 0 Å². The van der Waals surface area contributed by atoms with Gasteiger partial charge in [-0.25, -0.2) is 19.0 Å². The van der Waals surface area contributed by atoms with E-state index in [9.17, 15) is 13.2 Å². The molecule has 4 aromatic heterocycles. The summed E-state index contributed by atoms with van der Waals surface area (Å²) in [6.45, 7) is 1.01. The van der Waals surface area contributed by atoms with Gasteiger partial charge in [0.15, 0.2) is 5.65 Å². The van der Waals surface area contributed by atoms with Crippen molar-refractivity contribution in [2.24, 2.45) is 0 Å². The van der Waals surface area contributed by atoms with Crippen molar-refractivity contribution in [3.05, 3.63) is 43.0 Å². The molecule has 0 fully saturated rings. The number of nitrogens with one attached hydrogen (secondary N) is 1. The molecule has 0 aliphatic rings. The Hall–Kier alpha value is -3.17. The summed E-state index contributed by atoms with van der Waals surface area (Å²) in [6.07, 6.45) is 2.12. The van der Waals surface area contributed by atoms with Gasteiger partial charge in [0.05, 0.1) is 17.4 Å². The number of alkyl halides is 3. The van der Waals surface area contributed by atoms with Crippen LogP contribution in [0.4, 0.5) is 19.1 Å². The van der Waals surface area contributed by atoms with E-state index in [4.69, 9.17) is 0 Å². The van der Waals surface area contributed by atoms with Gasteiger partial charge in [-0.15, -0.1) is 5.10 Å². The van der Waals surface area contributed by atoms with E-state index < -0.39 is 12.2 Å². The lowest BCUT2D eigenvalue weighted by molar-refractivity contribution is -0.138. The second-order valence-corrected chi connectivity index (χ2v) is 5.50. The van der Waals surface area contributed by atoms with Crippen molar-refractivity contribution in [2.75, 3.05) is 5.32 Å². The molecule has 0 bridgehead atoms. The molecule has 1 atom stereocenters. The van der Waals surface area contributed by atoms with Crippen molar-refractivity contribution in [3.63, 3.8) is 0 Å². The van der Waals surface area contributed by atoms with E-state index in [-0.39, 0.29) is 5.95 Å². The highest BCUT2D eigenvalue weighted by Crippen LogP contribution is 2.25. The number of rotatable bonds is 3. The molecular formula is C15H12F3N7. The molecule has 25 heavy (non-hydrogen) atoms. The number of fused-ring (bicyclic) bond motifs is 2. The lowest BCUT2D eigenvalue weighted by atomic mass is 10.2. The first-order chi connectivity index (χ1) is 11.9. The smallest absolute Gasteiger partial charge is 0.341 e. The average molecular weight is 347 g/mol. The Morgan fingerprint density at radius 3 is 2.68 bits per heavy atom. The maximum atomic E-state index is 12.6. The summed E-state index contributed by atoms with van der Waals surface area (Å²) >= 11 is 0. The number of anilines is 1. The standard InChI is InChI=1S/C15H12F3N7/c1-9(15(16,17)18)21-14-20-8-12-10(4-6-24(12)23-14)11-2-3-13-19-5-7-25(13)22-11/h2-9H,1H3,(H,21,23)/t9-/m1/s1. The quantitative estimate of drug-likeness (QED) is 0.617. The number of hydrogen-bond donors (Lipinski definition) is 1. The number of aromatic nitrogens is 6. The minimum Gasteiger partial charge on any atom is -0.341 e. The predicted molar refractivity (Wildman–Crippen MR) is 84.1 cm³/mol. The fraction of sp³-hybridized carbons (Fsp3) is 0.200. The largest absolute Gasteiger partial charge is 0.408 e. The van der Waals surface area contributed by atoms with Gasteiger partial charge in [-0.2, -0.15) is 18.3 Å². The zero-order valence-electron chi connectivity index (χ0n) is 12.9. The van der Waals surface area contributed by atoms with Crippen LogP contribution in [0.2, 0.25) is 0 Å². The molecule has 0 unspecified atom stereocenters. The van der Waals surface area contributed by atoms with Crippen molar-refractivity contribution in [2.45, 2.75) is 19.1 Å². The molecule has 0 aliphatic carbocycles. The predicted octanol–water partition coefficient (Wildman–Crippen LogP) is 2.80. The fourth-order valence-corrected chi connectivity index (χ4v) is 2.42. The number of nitrogens with zero attached hydrogens (tertiary/aromatic N) is 6. The summed E-state index contributed by atoms with van der Waals surface area (Å²) in [5.41, 5.74) is 2.81. The van der Waals surface area contributed by atoms with E-state index in [1.54, 1.807) is 29.2 Å². The molecule has 1 N–H and O–H groups in total. The van der Waals surface area contributed by atoms with Crippen molar-refractivity contribution in [1.82, 2.24) is 29.2 Å². The van der Waals surface area contributed by atoms with Crippen LogP contribution in [0.1, 0.15) is 6.92 Å². The van der Waals surface area contributed by atoms with Gasteiger partial charge in [0.2, 0.25) is 5.95 Å². The molecule has 0 saturated carbocycles. The normalized spacial score (nSPS) is 13.4. The summed E-state index contributed by atoms with van der Waals surface area (Å²) in [4.78, 5) is 8.11. The Kier molecular flexibility index (Phi) is 3.34. The molecule has 0 spiro atoms. The Bertz CT molecular complexity index is 1050. The van der Waals surface area contributed by atoms with E-state index in [1.807, 2.05) is 12.1 Å². The molecule has 4 aromatic rings. The first-order valence-electron chi connectivity index (χ1n) is 7.40. The van der Waals surface area contributed by atoms with E-state index in [0.29, 0.717) is 11.2 Å². The molecule has 7 nitrogen and oxygen atoms in total. The van der Waals surface area contributed by atoms with Crippen LogP contribution in [0.5, 0.6) is 0 Å². The highest BCUT2D eigenvalue weighted by atomic mass is 19.4. The van der Waals surface area contributed by atoms with Gasteiger partial charge >= 0.3 is 6.18 Å². The molecule has 0 amide bonds. The number of imidazole rings is 1. The van der Waals surface area contributed by atoms with Gasteiger partial charge in [0.1, 0.15) is 6.04 Å². The lowest BCUT2D eigenvalue weighted by Crippen LogP contribution is -2.33.